The second kappa shape index (κ2) is 28.7. The minimum Gasteiger partial charge on any atom is -0.480 e. The van der Waals surface area contributed by atoms with Crippen LogP contribution in [-0.4, -0.2) is 136 Å². The number of nitrogens with one attached hydrogen (secondary N) is 7. The number of aliphatic carboxylic acids is 1. The van der Waals surface area contributed by atoms with E-state index in [0.717, 1.165) is 0 Å². The molecule has 0 fully saturated rings. The van der Waals surface area contributed by atoms with Gasteiger partial charge in [0.1, 0.15) is 42.3 Å². The first-order chi connectivity index (χ1) is 29.6. The van der Waals surface area contributed by atoms with Crippen molar-refractivity contribution >= 4 is 78.5 Å². The van der Waals surface area contributed by atoms with Crippen LogP contribution in [0.5, 0.6) is 0 Å². The Hall–Kier alpha value is -4.97. The number of amides is 8. The maximum absolute atomic E-state index is 13.9. The van der Waals surface area contributed by atoms with Crippen LogP contribution in [-0.2, 0) is 49.6 Å². The second-order valence-corrected chi connectivity index (χ2v) is 16.3. The molecule has 0 unspecified atom stereocenters. The van der Waals surface area contributed by atoms with E-state index < -0.39 is 126 Å². The van der Waals surface area contributed by atoms with E-state index in [1.165, 1.54) is 6.92 Å². The summed E-state index contributed by atoms with van der Waals surface area (Å²) in [6, 6.07) is -2.38. The lowest BCUT2D eigenvalue weighted by Gasteiger charge is -2.30. The number of carbonyl (C=O) groups is 9. The molecule has 15 N–H and O–H groups in total. The number of carboxylic acids is 1. The molecule has 354 valence electrons. The zero-order valence-electron chi connectivity index (χ0n) is 36.3. The standard InChI is InChI=1S/C40H66N10O11S2/c1-6-21(4)31(49-33(53)24(42)17-29(43)52)38(58)48-30(20(2)3)37(57)50-32(22(5)51)39(59)45-26(16-23-12-8-7-9-13-23)34(54)46-28(19-63)36(56)47-27(18-62)35(55)44-25(40(60)61)14-10-11-15-41/h7-9,12-13,20-22,24-28,30-32,51,62-63H,6,10-11,14-19,41-42H2,1-5H3,(H2,43,52)(H,44,55)(H,45,59)(H,46,54)(H,47,56)(H,48,58)(H,49,53)(H,50,57)(H,60,61)/t21-,22+,24-,25-,26-,27-,28-,30-,31-,32-/m0/s1. The molecule has 0 aliphatic heterocycles. The Bertz CT molecular complexity index is 1710. The largest absolute Gasteiger partial charge is 0.480 e. The zero-order valence-corrected chi connectivity index (χ0v) is 38.1. The average molecular weight is 927 g/mol. The second-order valence-electron chi connectivity index (χ2n) is 15.5. The number of nitrogens with two attached hydrogens (primary N) is 3. The molecule has 63 heavy (non-hydrogen) atoms. The van der Waals surface area contributed by atoms with Crippen molar-refractivity contribution in [1.29, 1.82) is 0 Å². The summed E-state index contributed by atoms with van der Waals surface area (Å²) in [5.74, 6) is -9.71. The molecule has 1 aromatic rings. The van der Waals surface area contributed by atoms with Crippen molar-refractivity contribution in [1.82, 2.24) is 37.2 Å². The summed E-state index contributed by atoms with van der Waals surface area (Å²) in [4.78, 5) is 117. The van der Waals surface area contributed by atoms with E-state index in [2.05, 4.69) is 62.5 Å². The molecule has 0 saturated heterocycles. The number of carbonyl (C=O) groups excluding carboxylic acids is 8. The third-order valence-corrected chi connectivity index (χ3v) is 10.7. The minimum atomic E-state index is -1.68. The third-order valence-electron chi connectivity index (χ3n) is 9.97. The average Bonchev–Trinajstić information content (AvgIpc) is 3.23. The Kier molecular flexibility index (Phi) is 25.5. The summed E-state index contributed by atoms with van der Waals surface area (Å²) in [6.45, 7) is 8.22. The van der Waals surface area contributed by atoms with E-state index >= 15 is 0 Å². The number of hydrogen-bond donors (Lipinski definition) is 14. The molecule has 0 aliphatic carbocycles. The van der Waals surface area contributed by atoms with Crippen LogP contribution in [0.1, 0.15) is 72.3 Å². The number of benzene rings is 1. The van der Waals surface area contributed by atoms with Crippen LogP contribution in [0.4, 0.5) is 0 Å². The smallest absolute Gasteiger partial charge is 0.326 e. The number of unbranched alkanes of at least 4 members (excludes halogenated alkanes) is 1. The van der Waals surface area contributed by atoms with E-state index in [0.29, 0.717) is 31.4 Å². The molecule has 0 radical (unpaired) electrons. The van der Waals surface area contributed by atoms with Gasteiger partial charge in [-0.3, -0.25) is 38.4 Å². The molecule has 0 bridgehead atoms. The highest BCUT2D eigenvalue weighted by molar-refractivity contribution is 7.80. The highest BCUT2D eigenvalue weighted by atomic mass is 32.1. The topological polar surface area (TPSA) is 356 Å². The van der Waals surface area contributed by atoms with Crippen molar-refractivity contribution in [3.63, 3.8) is 0 Å². The summed E-state index contributed by atoms with van der Waals surface area (Å²) < 4.78 is 0. The predicted octanol–water partition coefficient (Wildman–Crippen LogP) is -3.02. The first kappa shape index (κ1) is 56.0. The van der Waals surface area contributed by atoms with Gasteiger partial charge in [-0.25, -0.2) is 4.79 Å². The lowest BCUT2D eigenvalue weighted by Crippen LogP contribution is -2.63. The van der Waals surface area contributed by atoms with E-state index in [4.69, 9.17) is 17.2 Å². The fraction of sp³-hybridized carbons (Fsp3) is 0.625. The molecule has 23 heteroatoms. The normalized spacial score (nSPS) is 15.9. The summed E-state index contributed by atoms with van der Waals surface area (Å²) in [7, 11) is 0. The third kappa shape index (κ3) is 19.5. The molecule has 1 rings (SSSR count). The molecule has 0 spiro atoms. The van der Waals surface area contributed by atoms with Crippen LogP contribution in [0.15, 0.2) is 30.3 Å². The zero-order chi connectivity index (χ0) is 48.0. The van der Waals surface area contributed by atoms with Gasteiger partial charge in [-0.05, 0) is 50.1 Å². The molecule has 0 saturated carbocycles. The monoisotopic (exact) mass is 926 g/mol. The van der Waals surface area contributed by atoms with Crippen LogP contribution >= 0.6 is 25.3 Å². The van der Waals surface area contributed by atoms with Crippen molar-refractivity contribution in [3.8, 4) is 0 Å². The number of aliphatic hydroxyl groups is 1. The van der Waals surface area contributed by atoms with Gasteiger partial charge in [0, 0.05) is 17.9 Å². The van der Waals surface area contributed by atoms with E-state index in [1.807, 2.05) is 0 Å². The molecular weight excluding hydrogens is 861 g/mol. The Balaban J connectivity index is 3.30. The Labute approximate surface area is 378 Å². The number of carboxylic acid groups (broad SMARTS) is 1. The van der Waals surface area contributed by atoms with Crippen molar-refractivity contribution < 1.29 is 53.4 Å². The number of rotatable bonds is 29. The maximum Gasteiger partial charge on any atom is 0.326 e. The Morgan fingerprint density at radius 1 is 0.635 bits per heavy atom. The number of hydrogen-bond acceptors (Lipinski definition) is 14. The van der Waals surface area contributed by atoms with Crippen molar-refractivity contribution in [2.24, 2.45) is 29.0 Å². The molecule has 0 aromatic heterocycles. The van der Waals surface area contributed by atoms with Crippen LogP contribution in [0.2, 0.25) is 0 Å². The fourth-order valence-corrected chi connectivity index (χ4v) is 6.49. The highest BCUT2D eigenvalue weighted by Gasteiger charge is 2.37. The van der Waals surface area contributed by atoms with Gasteiger partial charge in [0.25, 0.3) is 0 Å². The van der Waals surface area contributed by atoms with Gasteiger partial charge < -0.3 is 64.6 Å². The highest BCUT2D eigenvalue weighted by Crippen LogP contribution is 2.12. The van der Waals surface area contributed by atoms with Gasteiger partial charge >= 0.3 is 5.97 Å². The molecule has 10 atom stereocenters. The molecule has 21 nitrogen and oxygen atoms in total. The molecule has 1 aromatic carbocycles. The van der Waals surface area contributed by atoms with E-state index in [1.54, 1.807) is 58.0 Å². The van der Waals surface area contributed by atoms with Crippen molar-refractivity contribution in [2.45, 2.75) is 128 Å². The van der Waals surface area contributed by atoms with Crippen LogP contribution in [0.25, 0.3) is 0 Å². The maximum atomic E-state index is 13.9. The molecular formula is C40H66N10O11S2. The van der Waals surface area contributed by atoms with Gasteiger partial charge in [0.2, 0.25) is 47.3 Å². The van der Waals surface area contributed by atoms with Gasteiger partial charge in [0.15, 0.2) is 0 Å². The minimum absolute atomic E-state index is 0.0985. The summed E-state index contributed by atoms with van der Waals surface area (Å²) >= 11 is 8.33. The first-order valence-electron chi connectivity index (χ1n) is 20.6. The summed E-state index contributed by atoms with van der Waals surface area (Å²) in [5, 5.41) is 37.7. The van der Waals surface area contributed by atoms with Gasteiger partial charge in [-0.1, -0.05) is 64.4 Å². The summed E-state index contributed by atoms with van der Waals surface area (Å²) in [6.07, 6.45) is -0.650. The van der Waals surface area contributed by atoms with Gasteiger partial charge in [0.05, 0.1) is 18.6 Å². The van der Waals surface area contributed by atoms with Crippen molar-refractivity contribution in [3.05, 3.63) is 35.9 Å². The Morgan fingerprint density at radius 2 is 1.10 bits per heavy atom. The van der Waals surface area contributed by atoms with Gasteiger partial charge in [-0.2, -0.15) is 25.3 Å². The number of aliphatic hydroxyl groups excluding tert-OH is 1. The first-order valence-corrected chi connectivity index (χ1v) is 21.9. The number of thiol groups is 2. The van der Waals surface area contributed by atoms with Crippen LogP contribution in [0.3, 0.4) is 0 Å². The Morgan fingerprint density at radius 3 is 1.56 bits per heavy atom. The molecule has 8 amide bonds. The van der Waals surface area contributed by atoms with Crippen molar-refractivity contribution in [2.75, 3.05) is 18.1 Å². The molecule has 0 heterocycles. The van der Waals surface area contributed by atoms with Crippen LogP contribution in [0, 0.1) is 11.8 Å². The lowest BCUT2D eigenvalue weighted by molar-refractivity contribution is -0.142. The SMILES string of the molecule is CC[C@H](C)[C@H](NC(=O)[C@@H](N)CC(N)=O)C(=O)N[C@H](C(=O)N[C@H](C(=O)N[C@@H](Cc1ccccc1)C(=O)N[C@@H](CS)C(=O)N[C@@H](CS)C(=O)N[C@@H](CCCCN)C(=O)O)[C@@H](C)O)C(C)C. The summed E-state index contributed by atoms with van der Waals surface area (Å²) in [5.41, 5.74) is 17.0. The lowest BCUT2D eigenvalue weighted by atomic mass is 9.95. The quantitative estimate of drug-likeness (QED) is 0.0282. The fourth-order valence-electron chi connectivity index (χ4n) is 5.97. The predicted molar refractivity (Wildman–Crippen MR) is 240 cm³/mol. The van der Waals surface area contributed by atoms with E-state index in [-0.39, 0.29) is 24.3 Å². The van der Waals surface area contributed by atoms with E-state index in [9.17, 15) is 53.4 Å². The van der Waals surface area contributed by atoms with Crippen LogP contribution < -0.4 is 54.4 Å². The molecule has 0 aliphatic rings. The van der Waals surface area contributed by atoms with Gasteiger partial charge in [-0.15, -0.1) is 0 Å². The number of primary amides is 1.